The van der Waals surface area contributed by atoms with E-state index in [2.05, 4.69) is 20.4 Å². The highest BCUT2D eigenvalue weighted by Crippen LogP contribution is 2.31. The molecule has 0 bridgehead atoms. The van der Waals surface area contributed by atoms with Crippen LogP contribution >= 0.6 is 0 Å². The number of pyridine rings is 1. The maximum atomic E-state index is 12.5. The van der Waals surface area contributed by atoms with Crippen molar-refractivity contribution in [2.45, 2.75) is 12.8 Å². The van der Waals surface area contributed by atoms with Crippen LogP contribution in [0.5, 0.6) is 0 Å². The Morgan fingerprint density at radius 3 is 3.19 bits per heavy atom. The quantitative estimate of drug-likeness (QED) is 0.793. The Bertz CT molecular complexity index is 940. The third kappa shape index (κ3) is 3.11. The molecular formula is C18H20N6O2. The molecule has 0 saturated carbocycles. The third-order valence-electron chi connectivity index (χ3n) is 4.24. The van der Waals surface area contributed by atoms with Gasteiger partial charge in [0.1, 0.15) is 23.8 Å². The second-order valence-electron chi connectivity index (χ2n) is 6.08. The lowest BCUT2D eigenvalue weighted by Gasteiger charge is -2.20. The van der Waals surface area contributed by atoms with E-state index in [9.17, 15) is 4.79 Å². The Kier molecular flexibility index (Phi) is 4.49. The van der Waals surface area contributed by atoms with E-state index in [1.165, 1.54) is 0 Å². The topological polar surface area (TPSA) is 106 Å². The van der Waals surface area contributed by atoms with Gasteiger partial charge >= 0.3 is 0 Å². The van der Waals surface area contributed by atoms with Crippen LogP contribution in [0.4, 0.5) is 11.5 Å². The highest BCUT2D eigenvalue weighted by atomic mass is 16.5. The maximum Gasteiger partial charge on any atom is 0.187 e. The van der Waals surface area contributed by atoms with Crippen LogP contribution in [0.15, 0.2) is 46.2 Å². The van der Waals surface area contributed by atoms with Gasteiger partial charge in [-0.15, -0.1) is 5.10 Å². The van der Waals surface area contributed by atoms with Crippen LogP contribution in [0.1, 0.15) is 12.8 Å². The molecule has 0 fully saturated rings. The molecule has 2 aliphatic rings. The number of aliphatic imine (C=N–C) groups is 2. The van der Waals surface area contributed by atoms with Gasteiger partial charge < -0.3 is 15.8 Å². The molecular weight excluding hydrogens is 332 g/mol. The molecule has 3 heterocycles. The number of ketones is 1. The van der Waals surface area contributed by atoms with Gasteiger partial charge in [0, 0.05) is 18.8 Å². The van der Waals surface area contributed by atoms with E-state index in [1.54, 1.807) is 10.6 Å². The van der Waals surface area contributed by atoms with Crippen LogP contribution in [0.3, 0.4) is 0 Å². The Morgan fingerprint density at radius 2 is 2.31 bits per heavy atom. The van der Waals surface area contributed by atoms with Crippen molar-refractivity contribution in [3.05, 3.63) is 36.2 Å². The van der Waals surface area contributed by atoms with Crippen molar-refractivity contribution in [3.63, 3.8) is 0 Å². The van der Waals surface area contributed by atoms with Crippen LogP contribution in [-0.2, 0) is 9.53 Å². The minimum Gasteiger partial charge on any atom is -0.490 e. The van der Waals surface area contributed by atoms with Gasteiger partial charge in [0.05, 0.1) is 24.2 Å². The summed E-state index contributed by atoms with van der Waals surface area (Å²) in [6.45, 7) is 2.40. The number of fused-ring (bicyclic) bond motifs is 2. The molecule has 134 valence electrons. The van der Waals surface area contributed by atoms with E-state index in [4.69, 9.17) is 10.5 Å². The van der Waals surface area contributed by atoms with Gasteiger partial charge in [-0.1, -0.05) is 6.07 Å². The lowest BCUT2D eigenvalue weighted by Crippen LogP contribution is -2.28. The first-order valence-electron chi connectivity index (χ1n) is 8.67. The number of hydrogen-bond acceptors (Lipinski definition) is 7. The fraction of sp³-hybridized carbons (Fsp3) is 0.333. The fourth-order valence-corrected chi connectivity index (χ4v) is 2.95. The van der Waals surface area contributed by atoms with Crippen LogP contribution in [0.2, 0.25) is 0 Å². The number of nitrogens with zero attached hydrogens (tertiary/aromatic N) is 4. The molecule has 1 aliphatic heterocycles. The minimum atomic E-state index is -0.0683. The largest absolute Gasteiger partial charge is 0.490 e. The van der Waals surface area contributed by atoms with Gasteiger partial charge in [-0.25, -0.2) is 9.51 Å². The Morgan fingerprint density at radius 1 is 1.38 bits per heavy atom. The van der Waals surface area contributed by atoms with Crippen LogP contribution < -0.4 is 11.1 Å². The predicted molar refractivity (Wildman–Crippen MR) is 100 cm³/mol. The molecule has 0 radical (unpaired) electrons. The number of Topliss-reactive ketones (excluding diaryl/α,β-unsaturated/α-hetero) is 1. The lowest BCUT2D eigenvalue weighted by molar-refractivity contribution is -0.112. The van der Waals surface area contributed by atoms with Crippen molar-refractivity contribution in [1.82, 2.24) is 9.61 Å². The zero-order valence-corrected chi connectivity index (χ0v) is 14.3. The highest BCUT2D eigenvalue weighted by molar-refractivity contribution is 6.51. The molecule has 0 spiro atoms. The molecule has 2 aromatic heterocycles. The number of ether oxygens (including phenoxy) is 1. The summed E-state index contributed by atoms with van der Waals surface area (Å²) in [5.41, 5.74) is 8.10. The van der Waals surface area contributed by atoms with E-state index in [0.717, 1.165) is 11.9 Å². The molecule has 2 aromatic rings. The Labute approximate surface area is 150 Å². The number of rotatable bonds is 5. The number of hydrogen-bond donors (Lipinski definition) is 2. The first kappa shape index (κ1) is 16.5. The summed E-state index contributed by atoms with van der Waals surface area (Å²) in [7, 11) is 0. The second-order valence-corrected chi connectivity index (χ2v) is 6.08. The van der Waals surface area contributed by atoms with E-state index < -0.39 is 0 Å². The SMILES string of the molecule is NCCCNc1nn2ccccc2c1N=C1C=C2OCCN=C2CC1=O. The maximum absolute atomic E-state index is 12.5. The van der Waals surface area contributed by atoms with Crippen molar-refractivity contribution in [2.24, 2.45) is 15.7 Å². The summed E-state index contributed by atoms with van der Waals surface area (Å²) < 4.78 is 7.37. The fourth-order valence-electron chi connectivity index (χ4n) is 2.95. The zero-order chi connectivity index (χ0) is 17.9. The van der Waals surface area contributed by atoms with Crippen molar-refractivity contribution in [2.75, 3.05) is 31.6 Å². The van der Waals surface area contributed by atoms with Crippen LogP contribution in [-0.4, -0.2) is 53.1 Å². The molecule has 0 aromatic carbocycles. The second kappa shape index (κ2) is 7.09. The van der Waals surface area contributed by atoms with E-state index in [-0.39, 0.29) is 12.2 Å². The first-order valence-corrected chi connectivity index (χ1v) is 8.67. The number of nitrogens with one attached hydrogen (secondary N) is 1. The Hall–Kier alpha value is -3.00. The molecule has 26 heavy (non-hydrogen) atoms. The Balaban J connectivity index is 1.76. The molecule has 0 amide bonds. The van der Waals surface area contributed by atoms with Gasteiger partial charge in [0.15, 0.2) is 11.6 Å². The molecule has 0 unspecified atom stereocenters. The molecule has 4 rings (SSSR count). The summed E-state index contributed by atoms with van der Waals surface area (Å²) in [6.07, 6.45) is 4.57. The van der Waals surface area contributed by atoms with Gasteiger partial charge in [0.25, 0.3) is 0 Å². The number of anilines is 1. The van der Waals surface area contributed by atoms with Gasteiger partial charge in [-0.2, -0.15) is 0 Å². The smallest absolute Gasteiger partial charge is 0.187 e. The van der Waals surface area contributed by atoms with Crippen LogP contribution in [0.25, 0.3) is 5.52 Å². The predicted octanol–water partition coefficient (Wildman–Crippen LogP) is 1.50. The number of aromatic nitrogens is 2. The standard InChI is InChI=1S/C18H20N6O2/c19-5-3-6-21-18-17(14-4-1-2-8-24(14)23-18)22-12-11-16-13(10-15(12)25)20-7-9-26-16/h1-2,4,8,11H,3,5-7,9-10,19H2,(H,21,23). The zero-order valence-electron chi connectivity index (χ0n) is 14.3. The summed E-state index contributed by atoms with van der Waals surface area (Å²) in [5, 5.41) is 7.79. The van der Waals surface area contributed by atoms with E-state index in [1.807, 2.05) is 24.4 Å². The normalized spacial score (nSPS) is 18.3. The average molecular weight is 352 g/mol. The average Bonchev–Trinajstić information content (AvgIpc) is 3.00. The highest BCUT2D eigenvalue weighted by Gasteiger charge is 2.26. The van der Waals surface area contributed by atoms with Crippen molar-refractivity contribution in [1.29, 1.82) is 0 Å². The van der Waals surface area contributed by atoms with E-state index >= 15 is 0 Å². The van der Waals surface area contributed by atoms with Gasteiger partial charge in [-0.3, -0.25) is 9.79 Å². The number of carbonyl (C=O) groups excluding carboxylic acids is 1. The molecule has 8 heteroatoms. The van der Waals surface area contributed by atoms with Gasteiger partial charge in [-0.05, 0) is 25.1 Å². The summed E-state index contributed by atoms with van der Waals surface area (Å²) in [4.78, 5) is 21.5. The van der Waals surface area contributed by atoms with Crippen LogP contribution in [0, 0.1) is 0 Å². The molecule has 0 atom stereocenters. The molecule has 1 aliphatic carbocycles. The minimum absolute atomic E-state index is 0.0683. The summed E-state index contributed by atoms with van der Waals surface area (Å²) in [5.74, 6) is 1.21. The van der Waals surface area contributed by atoms with E-state index in [0.29, 0.717) is 54.9 Å². The number of carbonyl (C=O) groups is 1. The number of allylic oxidation sites excluding steroid dienone is 2. The van der Waals surface area contributed by atoms with Crippen molar-refractivity contribution in [3.8, 4) is 0 Å². The lowest BCUT2D eigenvalue weighted by atomic mass is 10.00. The summed E-state index contributed by atoms with van der Waals surface area (Å²) >= 11 is 0. The first-order chi connectivity index (χ1) is 12.8. The number of nitrogens with two attached hydrogens (primary N) is 1. The van der Waals surface area contributed by atoms with Crippen molar-refractivity contribution >= 4 is 34.2 Å². The molecule has 3 N–H and O–H groups in total. The molecule has 8 nitrogen and oxygen atoms in total. The third-order valence-corrected chi connectivity index (χ3v) is 4.24. The monoisotopic (exact) mass is 352 g/mol. The van der Waals surface area contributed by atoms with Gasteiger partial charge in [0.2, 0.25) is 0 Å². The van der Waals surface area contributed by atoms with Crippen molar-refractivity contribution < 1.29 is 9.53 Å². The molecule has 0 saturated heterocycles. The summed E-state index contributed by atoms with van der Waals surface area (Å²) in [6, 6.07) is 5.73.